The number of carbonyl (C=O) groups excluding carboxylic acids is 1. The van der Waals surface area contributed by atoms with E-state index < -0.39 is 5.82 Å². The Kier molecular flexibility index (Phi) is 7.49. The van der Waals surface area contributed by atoms with Crippen LogP contribution in [-0.4, -0.2) is 24.2 Å². The standard InChI is InChI=1S/C17H22FNO2/c1-13(2)6-3-4-10-19-17(21)16-12-15(18)9-8-14(16)7-5-11-20/h8-9,12-13,20H,3-4,6,10-11H2,1-2H3,(H,19,21). The van der Waals surface area contributed by atoms with Crippen LogP contribution in [0.15, 0.2) is 18.2 Å². The Hall–Kier alpha value is -1.86. The highest BCUT2D eigenvalue weighted by atomic mass is 19.1. The molecule has 0 saturated carbocycles. The first-order valence-corrected chi connectivity index (χ1v) is 7.22. The van der Waals surface area contributed by atoms with E-state index in [0.29, 0.717) is 18.0 Å². The zero-order chi connectivity index (χ0) is 15.7. The molecule has 0 aliphatic carbocycles. The van der Waals surface area contributed by atoms with Crippen LogP contribution in [0.2, 0.25) is 0 Å². The number of carbonyl (C=O) groups is 1. The Labute approximate surface area is 125 Å². The molecule has 21 heavy (non-hydrogen) atoms. The lowest BCUT2D eigenvalue weighted by Gasteiger charge is -2.08. The van der Waals surface area contributed by atoms with Crippen molar-refractivity contribution >= 4 is 5.91 Å². The smallest absolute Gasteiger partial charge is 0.252 e. The van der Waals surface area contributed by atoms with Crippen molar-refractivity contribution in [2.24, 2.45) is 5.92 Å². The molecule has 0 heterocycles. The number of nitrogens with one attached hydrogen (secondary N) is 1. The lowest BCUT2D eigenvalue weighted by Crippen LogP contribution is -2.25. The molecular formula is C17H22FNO2. The maximum absolute atomic E-state index is 13.3. The molecule has 2 N–H and O–H groups in total. The summed E-state index contributed by atoms with van der Waals surface area (Å²) in [6.45, 7) is 4.59. The fraction of sp³-hybridized carbons (Fsp3) is 0.471. The van der Waals surface area contributed by atoms with Gasteiger partial charge in [-0.05, 0) is 30.5 Å². The Bertz CT molecular complexity index is 529. The van der Waals surface area contributed by atoms with Gasteiger partial charge in [-0.2, -0.15) is 0 Å². The average molecular weight is 291 g/mol. The summed E-state index contributed by atoms with van der Waals surface area (Å²) < 4.78 is 13.3. The van der Waals surface area contributed by atoms with Crippen LogP contribution >= 0.6 is 0 Å². The Morgan fingerprint density at radius 2 is 2.14 bits per heavy atom. The highest BCUT2D eigenvalue weighted by Gasteiger charge is 2.11. The van der Waals surface area contributed by atoms with Gasteiger partial charge in [0.05, 0.1) is 5.56 Å². The van der Waals surface area contributed by atoms with Crippen molar-refractivity contribution in [1.29, 1.82) is 0 Å². The third-order valence-electron chi connectivity index (χ3n) is 3.02. The monoisotopic (exact) mass is 291 g/mol. The minimum absolute atomic E-state index is 0.208. The van der Waals surface area contributed by atoms with E-state index in [1.807, 2.05) is 0 Å². The molecule has 0 spiro atoms. The lowest BCUT2D eigenvalue weighted by atomic mass is 10.1. The molecule has 0 aliphatic heterocycles. The minimum atomic E-state index is -0.477. The van der Waals surface area contributed by atoms with E-state index in [4.69, 9.17) is 5.11 Å². The van der Waals surface area contributed by atoms with Crippen LogP contribution in [0.25, 0.3) is 0 Å². The molecule has 3 nitrogen and oxygen atoms in total. The second kappa shape index (κ2) is 9.15. The summed E-state index contributed by atoms with van der Waals surface area (Å²) in [5.74, 6) is 4.98. The second-order valence-corrected chi connectivity index (χ2v) is 5.30. The average Bonchev–Trinajstić information content (AvgIpc) is 2.45. The zero-order valence-electron chi connectivity index (χ0n) is 12.6. The van der Waals surface area contributed by atoms with E-state index >= 15 is 0 Å². The van der Waals surface area contributed by atoms with Crippen LogP contribution in [0.4, 0.5) is 4.39 Å². The van der Waals surface area contributed by atoms with E-state index in [2.05, 4.69) is 31.0 Å². The largest absolute Gasteiger partial charge is 0.384 e. The van der Waals surface area contributed by atoms with Gasteiger partial charge >= 0.3 is 0 Å². The van der Waals surface area contributed by atoms with E-state index in [-0.39, 0.29) is 18.1 Å². The number of rotatable bonds is 6. The predicted octanol–water partition coefficient (Wildman–Crippen LogP) is 2.73. The van der Waals surface area contributed by atoms with Crippen molar-refractivity contribution < 1.29 is 14.3 Å². The molecule has 1 amide bonds. The quantitative estimate of drug-likeness (QED) is 0.625. The van der Waals surface area contributed by atoms with Crippen molar-refractivity contribution in [3.8, 4) is 11.8 Å². The molecule has 0 aromatic heterocycles. The number of halogens is 1. The van der Waals surface area contributed by atoms with E-state index in [1.54, 1.807) is 0 Å². The van der Waals surface area contributed by atoms with Crippen LogP contribution in [0.3, 0.4) is 0 Å². The molecular weight excluding hydrogens is 269 g/mol. The molecule has 0 saturated heterocycles. The van der Waals surface area contributed by atoms with Crippen LogP contribution in [0, 0.1) is 23.6 Å². The number of hydrogen-bond acceptors (Lipinski definition) is 2. The molecule has 0 bridgehead atoms. The number of hydrogen-bond donors (Lipinski definition) is 2. The van der Waals surface area contributed by atoms with Gasteiger partial charge in [0, 0.05) is 12.1 Å². The molecule has 0 aliphatic rings. The van der Waals surface area contributed by atoms with Gasteiger partial charge in [0.1, 0.15) is 12.4 Å². The van der Waals surface area contributed by atoms with E-state index in [1.165, 1.54) is 18.2 Å². The molecule has 4 heteroatoms. The van der Waals surface area contributed by atoms with Crippen LogP contribution < -0.4 is 5.32 Å². The van der Waals surface area contributed by atoms with Gasteiger partial charge in [-0.3, -0.25) is 4.79 Å². The van der Waals surface area contributed by atoms with Gasteiger partial charge < -0.3 is 10.4 Å². The van der Waals surface area contributed by atoms with Gasteiger partial charge in [-0.1, -0.05) is 38.5 Å². The molecule has 1 aromatic carbocycles. The summed E-state index contributed by atoms with van der Waals surface area (Å²) in [4.78, 5) is 12.1. The summed E-state index contributed by atoms with van der Waals surface area (Å²) in [7, 11) is 0. The van der Waals surface area contributed by atoms with E-state index in [9.17, 15) is 9.18 Å². The summed E-state index contributed by atoms with van der Waals surface area (Å²) in [5.41, 5.74) is 0.630. The van der Waals surface area contributed by atoms with Crippen LogP contribution in [0.1, 0.15) is 49.0 Å². The Morgan fingerprint density at radius 1 is 1.38 bits per heavy atom. The number of benzene rings is 1. The third kappa shape index (κ3) is 6.42. The number of aliphatic hydroxyl groups excluding tert-OH is 1. The van der Waals surface area contributed by atoms with Crippen molar-refractivity contribution in [1.82, 2.24) is 5.32 Å². The van der Waals surface area contributed by atoms with Crippen molar-refractivity contribution in [3.05, 3.63) is 35.1 Å². The number of amides is 1. The van der Waals surface area contributed by atoms with Crippen molar-refractivity contribution in [2.75, 3.05) is 13.2 Å². The minimum Gasteiger partial charge on any atom is -0.384 e. The summed E-state index contributed by atoms with van der Waals surface area (Å²) in [5, 5.41) is 11.5. The van der Waals surface area contributed by atoms with Gasteiger partial charge in [0.15, 0.2) is 0 Å². The maximum Gasteiger partial charge on any atom is 0.252 e. The Balaban J connectivity index is 2.62. The van der Waals surface area contributed by atoms with E-state index in [0.717, 1.165) is 19.3 Å². The summed E-state index contributed by atoms with van der Waals surface area (Å²) in [6, 6.07) is 3.87. The topological polar surface area (TPSA) is 49.3 Å². The van der Waals surface area contributed by atoms with Gasteiger partial charge in [-0.25, -0.2) is 4.39 Å². The first kappa shape index (κ1) is 17.2. The maximum atomic E-state index is 13.3. The first-order chi connectivity index (χ1) is 10.0. The van der Waals surface area contributed by atoms with Crippen molar-refractivity contribution in [3.63, 3.8) is 0 Å². The molecule has 1 rings (SSSR count). The molecule has 114 valence electrons. The molecule has 0 atom stereocenters. The fourth-order valence-corrected chi connectivity index (χ4v) is 1.92. The predicted molar refractivity (Wildman–Crippen MR) is 81.4 cm³/mol. The second-order valence-electron chi connectivity index (χ2n) is 5.30. The molecule has 0 radical (unpaired) electrons. The van der Waals surface area contributed by atoms with Crippen LogP contribution in [0.5, 0.6) is 0 Å². The van der Waals surface area contributed by atoms with Gasteiger partial charge in [0.25, 0.3) is 5.91 Å². The lowest BCUT2D eigenvalue weighted by molar-refractivity contribution is 0.0952. The normalized spacial score (nSPS) is 10.1. The summed E-state index contributed by atoms with van der Waals surface area (Å²) in [6.07, 6.45) is 3.08. The zero-order valence-corrected chi connectivity index (χ0v) is 12.6. The van der Waals surface area contributed by atoms with Gasteiger partial charge in [0.2, 0.25) is 0 Å². The first-order valence-electron chi connectivity index (χ1n) is 7.22. The molecule has 0 unspecified atom stereocenters. The Morgan fingerprint density at radius 3 is 2.81 bits per heavy atom. The molecule has 1 aromatic rings. The fourth-order valence-electron chi connectivity index (χ4n) is 1.92. The number of aliphatic hydroxyl groups is 1. The molecule has 0 fully saturated rings. The highest BCUT2D eigenvalue weighted by Crippen LogP contribution is 2.11. The highest BCUT2D eigenvalue weighted by molar-refractivity contribution is 5.96. The van der Waals surface area contributed by atoms with Crippen molar-refractivity contribution in [2.45, 2.75) is 33.1 Å². The van der Waals surface area contributed by atoms with Gasteiger partial charge in [-0.15, -0.1) is 0 Å². The SMILES string of the molecule is CC(C)CCCCNC(=O)c1cc(F)ccc1C#CCO. The third-order valence-corrected chi connectivity index (χ3v) is 3.02. The van der Waals surface area contributed by atoms with Crippen LogP contribution in [-0.2, 0) is 0 Å². The number of unbranched alkanes of at least 4 members (excludes halogenated alkanes) is 1. The summed E-state index contributed by atoms with van der Waals surface area (Å²) >= 11 is 0.